The molecular weight excluding hydrogens is 516 g/mol. The minimum Gasteiger partial charge on any atom is -0.384 e. The number of aryl methyl sites for hydroxylation is 4. The van der Waals surface area contributed by atoms with Crippen molar-refractivity contribution >= 4 is 55.2 Å². The fourth-order valence-corrected chi connectivity index (χ4v) is 6.23. The second-order valence-electron chi connectivity index (χ2n) is 11.5. The van der Waals surface area contributed by atoms with Crippen molar-refractivity contribution in [3.8, 4) is 0 Å². The van der Waals surface area contributed by atoms with E-state index < -0.39 is 0 Å². The number of pyridine rings is 4. The summed E-state index contributed by atoms with van der Waals surface area (Å²) in [5, 5.41) is 12.1. The Labute approximate surface area is 248 Å². The minimum atomic E-state index is 0.830. The first-order valence-electron chi connectivity index (χ1n) is 15.3. The van der Waals surface area contributed by atoms with Crippen molar-refractivity contribution in [2.24, 2.45) is 0 Å². The van der Waals surface area contributed by atoms with Crippen LogP contribution in [0.2, 0.25) is 0 Å². The summed E-state index contributed by atoms with van der Waals surface area (Å²) in [5.74, 6) is 0. The fourth-order valence-electron chi connectivity index (χ4n) is 6.23. The summed E-state index contributed by atoms with van der Waals surface area (Å²) >= 11 is 0. The van der Waals surface area contributed by atoms with Gasteiger partial charge in [-0.05, 0) is 75.9 Å². The molecule has 0 aliphatic rings. The number of anilines is 2. The number of hydrogen-bond acceptors (Lipinski definition) is 6. The van der Waals surface area contributed by atoms with Crippen LogP contribution in [0, 0.1) is 27.7 Å². The van der Waals surface area contributed by atoms with Gasteiger partial charge in [0.2, 0.25) is 0 Å². The summed E-state index contributed by atoms with van der Waals surface area (Å²) in [4.78, 5) is 19.2. The molecule has 214 valence electrons. The van der Waals surface area contributed by atoms with Crippen LogP contribution < -0.4 is 10.6 Å². The van der Waals surface area contributed by atoms with E-state index in [1.54, 1.807) is 0 Å². The van der Waals surface area contributed by atoms with Crippen LogP contribution in [-0.2, 0) is 0 Å². The van der Waals surface area contributed by atoms with Gasteiger partial charge in [-0.25, -0.2) is 19.9 Å². The van der Waals surface area contributed by atoms with E-state index >= 15 is 0 Å². The molecule has 6 rings (SSSR count). The third-order valence-corrected chi connectivity index (χ3v) is 8.16. The molecule has 6 aromatic rings. The maximum absolute atomic E-state index is 4.85. The van der Waals surface area contributed by atoms with Crippen molar-refractivity contribution in [1.29, 1.82) is 0 Å². The second kappa shape index (κ2) is 12.3. The van der Waals surface area contributed by atoms with Crippen LogP contribution in [0.25, 0.3) is 43.9 Å². The summed E-state index contributed by atoms with van der Waals surface area (Å²) in [6.07, 6.45) is 7.25. The number of benzene rings is 2. The van der Waals surface area contributed by atoms with Gasteiger partial charge in [-0.15, -0.1) is 0 Å². The van der Waals surface area contributed by atoms with Crippen molar-refractivity contribution in [1.82, 2.24) is 19.9 Å². The molecule has 0 bridgehead atoms. The molecule has 42 heavy (non-hydrogen) atoms. The van der Waals surface area contributed by atoms with Gasteiger partial charge in [-0.2, -0.15) is 0 Å². The van der Waals surface area contributed by atoms with Crippen LogP contribution >= 0.6 is 0 Å². The van der Waals surface area contributed by atoms with Gasteiger partial charge in [0.15, 0.2) is 11.3 Å². The average molecular weight is 557 g/mol. The first kappa shape index (κ1) is 27.8. The molecule has 2 aromatic carbocycles. The zero-order valence-electron chi connectivity index (χ0n) is 25.2. The lowest BCUT2D eigenvalue weighted by molar-refractivity contribution is 0.610. The summed E-state index contributed by atoms with van der Waals surface area (Å²) in [5.41, 5.74) is 10.4. The molecule has 6 nitrogen and oxygen atoms in total. The van der Waals surface area contributed by atoms with Crippen LogP contribution in [0.4, 0.5) is 11.4 Å². The maximum atomic E-state index is 4.85. The summed E-state index contributed by atoms with van der Waals surface area (Å²) in [6, 6.07) is 21.0. The van der Waals surface area contributed by atoms with Gasteiger partial charge >= 0.3 is 0 Å². The first-order chi connectivity index (χ1) is 20.5. The van der Waals surface area contributed by atoms with E-state index in [0.717, 1.165) is 70.4 Å². The molecule has 0 radical (unpaired) electrons. The average Bonchev–Trinajstić information content (AvgIpc) is 2.96. The predicted octanol–water partition coefficient (Wildman–Crippen LogP) is 8.98. The van der Waals surface area contributed by atoms with Crippen molar-refractivity contribution in [3.05, 3.63) is 83.2 Å². The minimum absolute atomic E-state index is 0.830. The molecule has 0 amide bonds. The highest BCUT2D eigenvalue weighted by Crippen LogP contribution is 2.34. The molecule has 0 aliphatic carbocycles. The third-order valence-electron chi connectivity index (χ3n) is 8.16. The third kappa shape index (κ3) is 5.71. The lowest BCUT2D eigenvalue weighted by Crippen LogP contribution is -2.06. The largest absolute Gasteiger partial charge is 0.384 e. The van der Waals surface area contributed by atoms with E-state index in [9.17, 15) is 0 Å². The number of fused-ring (bicyclic) bond motifs is 4. The van der Waals surface area contributed by atoms with Gasteiger partial charge < -0.3 is 10.6 Å². The van der Waals surface area contributed by atoms with Gasteiger partial charge in [0.1, 0.15) is 0 Å². The van der Waals surface area contributed by atoms with E-state index in [0.29, 0.717) is 0 Å². The van der Waals surface area contributed by atoms with Gasteiger partial charge in [-0.1, -0.05) is 62.1 Å². The lowest BCUT2D eigenvalue weighted by Gasteiger charge is -2.15. The smallest absolute Gasteiger partial charge is 0.162 e. The Bertz CT molecular complexity index is 1760. The Morgan fingerprint density at radius 3 is 1.36 bits per heavy atom. The number of para-hydroxylation sites is 2. The number of rotatable bonds is 11. The molecule has 0 fully saturated rings. The van der Waals surface area contributed by atoms with Crippen LogP contribution in [0.3, 0.4) is 0 Å². The molecular formula is C36H40N6. The number of nitrogens with one attached hydrogen (secondary N) is 2. The zero-order chi connectivity index (χ0) is 29.1. The van der Waals surface area contributed by atoms with Crippen LogP contribution in [-0.4, -0.2) is 33.0 Å². The second-order valence-corrected chi connectivity index (χ2v) is 11.5. The van der Waals surface area contributed by atoms with E-state index in [1.165, 1.54) is 59.0 Å². The molecule has 6 heteroatoms. The molecule has 0 spiro atoms. The molecule has 4 aromatic heterocycles. The molecule has 2 N–H and O–H groups in total. The molecule has 0 unspecified atom stereocenters. The quantitative estimate of drug-likeness (QED) is 0.123. The van der Waals surface area contributed by atoms with Crippen molar-refractivity contribution in [2.75, 3.05) is 23.7 Å². The summed E-state index contributed by atoms with van der Waals surface area (Å²) < 4.78 is 0. The lowest BCUT2D eigenvalue weighted by atomic mass is 10.0. The Morgan fingerprint density at radius 2 is 0.905 bits per heavy atom. The van der Waals surface area contributed by atoms with Crippen LogP contribution in [0.5, 0.6) is 0 Å². The highest BCUT2D eigenvalue weighted by Gasteiger charge is 2.14. The van der Waals surface area contributed by atoms with E-state index in [-0.39, 0.29) is 0 Å². The number of nitrogens with zero attached hydrogens (tertiary/aromatic N) is 4. The van der Waals surface area contributed by atoms with Gasteiger partial charge in [0.25, 0.3) is 0 Å². The first-order valence-corrected chi connectivity index (χ1v) is 15.3. The summed E-state index contributed by atoms with van der Waals surface area (Å²) in [7, 11) is 0. The van der Waals surface area contributed by atoms with Crippen LogP contribution in [0.15, 0.2) is 60.7 Å². The zero-order valence-corrected chi connectivity index (χ0v) is 25.2. The van der Waals surface area contributed by atoms with E-state index in [2.05, 4.69) is 73.0 Å². The number of unbranched alkanes of at least 4 members (excludes halogenated alkanes) is 5. The molecule has 0 atom stereocenters. The fraction of sp³-hybridized carbons (Fsp3) is 0.333. The topological polar surface area (TPSA) is 75.6 Å². The van der Waals surface area contributed by atoms with Crippen molar-refractivity contribution in [3.63, 3.8) is 0 Å². The van der Waals surface area contributed by atoms with Crippen LogP contribution in [0.1, 0.15) is 61.0 Å². The maximum Gasteiger partial charge on any atom is 0.162 e. The Balaban J connectivity index is 1.00. The monoisotopic (exact) mass is 556 g/mol. The van der Waals surface area contributed by atoms with E-state index in [1.807, 2.05) is 26.0 Å². The van der Waals surface area contributed by atoms with Gasteiger partial charge in [-0.3, -0.25) is 0 Å². The standard InChI is InChI=1S/C36H40N6/c1-23-21-25(3)39-35-31(23)33(27-15-9-11-17-29(27)41-35)37-19-13-7-5-6-8-14-20-38-34-28-16-10-12-18-30(28)42-36-32(34)24(2)22-26(4)40-36/h9-12,15-18,21-22H,5-8,13-14,19-20H2,1-4H3,(H,37,39,41)(H,38,40,42). The summed E-state index contributed by atoms with van der Waals surface area (Å²) in [6.45, 7) is 10.3. The number of hydrogen-bond donors (Lipinski definition) is 2. The van der Waals surface area contributed by atoms with Gasteiger partial charge in [0.05, 0.1) is 22.4 Å². The van der Waals surface area contributed by atoms with E-state index in [4.69, 9.17) is 19.9 Å². The Kier molecular flexibility index (Phi) is 8.13. The highest BCUT2D eigenvalue weighted by molar-refractivity contribution is 6.08. The Morgan fingerprint density at radius 1 is 0.500 bits per heavy atom. The normalized spacial score (nSPS) is 11.6. The molecule has 0 saturated carbocycles. The molecule has 0 aliphatic heterocycles. The van der Waals surface area contributed by atoms with Gasteiger partial charge in [0, 0.05) is 46.0 Å². The molecule has 0 saturated heterocycles. The predicted molar refractivity (Wildman–Crippen MR) is 178 cm³/mol. The van der Waals surface area contributed by atoms with Crippen molar-refractivity contribution < 1.29 is 0 Å². The SMILES string of the molecule is Cc1cc(C)c2c(NCCCCCCCCNc3c4ccccc4nc4nc(C)cc(C)c34)c3ccccc3nc2n1. The van der Waals surface area contributed by atoms with Crippen molar-refractivity contribution in [2.45, 2.75) is 66.2 Å². The Hall–Kier alpha value is -4.32. The highest BCUT2D eigenvalue weighted by atomic mass is 14.9. The molecule has 4 heterocycles. The number of aromatic nitrogens is 4.